The molecule has 7 heteroatoms. The standard InChI is InChI=1S/C26H24FN3O3/c1-16-23(27)13-21(26(32)29-17(2)20-7-5-4-6-8-20)14-24(16)30-25(31)18(3)33-22-11-9-19(15-28)10-12-22/h4-14,17-18H,1-3H3,(H,29,32)(H,30,31). The van der Waals surface area contributed by atoms with Gasteiger partial charge in [-0.3, -0.25) is 9.59 Å². The fourth-order valence-corrected chi connectivity index (χ4v) is 3.14. The van der Waals surface area contributed by atoms with Gasteiger partial charge in [-0.15, -0.1) is 0 Å². The van der Waals surface area contributed by atoms with Gasteiger partial charge in [0.15, 0.2) is 6.10 Å². The van der Waals surface area contributed by atoms with E-state index in [1.165, 1.54) is 13.0 Å². The number of nitrogens with one attached hydrogen (secondary N) is 2. The van der Waals surface area contributed by atoms with Crippen molar-refractivity contribution < 1.29 is 18.7 Å². The van der Waals surface area contributed by atoms with Gasteiger partial charge in [0.2, 0.25) is 0 Å². The molecule has 0 radical (unpaired) electrons. The Morgan fingerprint density at radius 2 is 1.70 bits per heavy atom. The number of halogens is 1. The normalized spacial score (nSPS) is 12.2. The molecule has 0 aliphatic heterocycles. The highest BCUT2D eigenvalue weighted by molar-refractivity contribution is 5.99. The Morgan fingerprint density at radius 3 is 2.33 bits per heavy atom. The highest BCUT2D eigenvalue weighted by Gasteiger charge is 2.20. The maximum atomic E-state index is 14.5. The minimum atomic E-state index is -0.893. The van der Waals surface area contributed by atoms with Crippen molar-refractivity contribution in [1.29, 1.82) is 5.26 Å². The number of amides is 2. The highest BCUT2D eigenvalue weighted by Crippen LogP contribution is 2.23. The Bertz CT molecular complexity index is 1190. The van der Waals surface area contributed by atoms with E-state index in [-0.39, 0.29) is 22.9 Å². The zero-order valence-electron chi connectivity index (χ0n) is 18.6. The van der Waals surface area contributed by atoms with E-state index < -0.39 is 23.7 Å². The number of anilines is 1. The van der Waals surface area contributed by atoms with E-state index in [2.05, 4.69) is 10.6 Å². The first-order valence-electron chi connectivity index (χ1n) is 10.4. The van der Waals surface area contributed by atoms with Gasteiger partial charge in [0.05, 0.1) is 17.7 Å². The fourth-order valence-electron chi connectivity index (χ4n) is 3.14. The quantitative estimate of drug-likeness (QED) is 0.541. The number of nitrogens with zero attached hydrogens (tertiary/aromatic N) is 1. The van der Waals surface area contributed by atoms with Crippen LogP contribution in [0, 0.1) is 24.1 Å². The summed E-state index contributed by atoms with van der Waals surface area (Å²) >= 11 is 0. The number of rotatable bonds is 7. The van der Waals surface area contributed by atoms with Crippen molar-refractivity contribution >= 4 is 17.5 Å². The predicted octanol–water partition coefficient (Wildman–Crippen LogP) is 4.90. The monoisotopic (exact) mass is 445 g/mol. The number of carbonyl (C=O) groups is 2. The van der Waals surface area contributed by atoms with Crippen molar-refractivity contribution in [3.05, 3.63) is 94.8 Å². The van der Waals surface area contributed by atoms with Gasteiger partial charge in [-0.2, -0.15) is 5.26 Å². The second-order valence-corrected chi connectivity index (χ2v) is 7.62. The molecule has 2 unspecified atom stereocenters. The van der Waals surface area contributed by atoms with Crippen LogP contribution in [0.25, 0.3) is 0 Å². The van der Waals surface area contributed by atoms with Crippen LogP contribution in [0.5, 0.6) is 5.75 Å². The topological polar surface area (TPSA) is 91.2 Å². The second kappa shape index (κ2) is 10.4. The predicted molar refractivity (Wildman–Crippen MR) is 123 cm³/mol. The maximum absolute atomic E-state index is 14.5. The lowest BCUT2D eigenvalue weighted by atomic mass is 10.1. The average molecular weight is 445 g/mol. The molecule has 0 aromatic heterocycles. The van der Waals surface area contributed by atoms with E-state index >= 15 is 0 Å². The molecule has 0 heterocycles. The molecule has 2 atom stereocenters. The Hall–Kier alpha value is -4.18. The maximum Gasteiger partial charge on any atom is 0.265 e. The van der Waals surface area contributed by atoms with E-state index in [1.807, 2.05) is 43.3 Å². The summed E-state index contributed by atoms with van der Waals surface area (Å²) in [7, 11) is 0. The lowest BCUT2D eigenvalue weighted by molar-refractivity contribution is -0.122. The summed E-state index contributed by atoms with van der Waals surface area (Å²) in [6.07, 6.45) is -0.893. The number of carbonyl (C=O) groups excluding carboxylic acids is 2. The summed E-state index contributed by atoms with van der Waals surface area (Å²) in [4.78, 5) is 25.4. The van der Waals surface area contributed by atoms with Crippen molar-refractivity contribution in [2.75, 3.05) is 5.32 Å². The van der Waals surface area contributed by atoms with Crippen molar-refractivity contribution in [2.45, 2.75) is 32.9 Å². The first-order chi connectivity index (χ1) is 15.8. The summed E-state index contributed by atoms with van der Waals surface area (Å²) in [6.45, 7) is 4.91. The van der Waals surface area contributed by atoms with Crippen molar-refractivity contribution in [1.82, 2.24) is 5.32 Å². The lowest BCUT2D eigenvalue weighted by Crippen LogP contribution is -2.31. The van der Waals surface area contributed by atoms with Gasteiger partial charge < -0.3 is 15.4 Å². The molecule has 2 amide bonds. The van der Waals surface area contributed by atoms with Crippen LogP contribution in [-0.2, 0) is 4.79 Å². The molecule has 168 valence electrons. The van der Waals surface area contributed by atoms with Gasteiger partial charge in [0.1, 0.15) is 11.6 Å². The number of hydrogen-bond acceptors (Lipinski definition) is 4. The lowest BCUT2D eigenvalue weighted by Gasteiger charge is -2.18. The Morgan fingerprint density at radius 1 is 1.03 bits per heavy atom. The van der Waals surface area contributed by atoms with Crippen LogP contribution in [0.2, 0.25) is 0 Å². The third-order valence-corrected chi connectivity index (χ3v) is 5.18. The fraction of sp³-hybridized carbons (Fsp3) is 0.192. The smallest absolute Gasteiger partial charge is 0.265 e. The van der Waals surface area contributed by atoms with Crippen molar-refractivity contribution in [2.24, 2.45) is 0 Å². The second-order valence-electron chi connectivity index (χ2n) is 7.62. The van der Waals surface area contributed by atoms with Gasteiger partial charge >= 0.3 is 0 Å². The molecule has 0 spiro atoms. The molecule has 0 aliphatic rings. The molecular weight excluding hydrogens is 421 g/mol. The molecule has 0 aliphatic carbocycles. The molecule has 0 bridgehead atoms. The molecule has 0 saturated heterocycles. The molecule has 33 heavy (non-hydrogen) atoms. The minimum Gasteiger partial charge on any atom is -0.481 e. The molecule has 6 nitrogen and oxygen atoms in total. The largest absolute Gasteiger partial charge is 0.481 e. The minimum absolute atomic E-state index is 0.0943. The summed E-state index contributed by atoms with van der Waals surface area (Å²) < 4.78 is 20.1. The summed E-state index contributed by atoms with van der Waals surface area (Å²) in [6, 6.07) is 20.1. The van der Waals surface area contributed by atoms with Crippen LogP contribution >= 0.6 is 0 Å². The summed E-state index contributed by atoms with van der Waals surface area (Å²) in [5.41, 5.74) is 1.88. The van der Waals surface area contributed by atoms with E-state index in [9.17, 15) is 14.0 Å². The van der Waals surface area contributed by atoms with Crippen molar-refractivity contribution in [3.63, 3.8) is 0 Å². The first-order valence-corrected chi connectivity index (χ1v) is 10.4. The Labute approximate surface area is 192 Å². The van der Waals surface area contributed by atoms with Crippen molar-refractivity contribution in [3.8, 4) is 11.8 Å². The van der Waals surface area contributed by atoms with Gasteiger partial charge in [-0.1, -0.05) is 30.3 Å². The van der Waals surface area contributed by atoms with Crippen LogP contribution in [0.1, 0.15) is 46.9 Å². The molecule has 0 saturated carbocycles. The van der Waals surface area contributed by atoms with E-state index in [0.29, 0.717) is 11.3 Å². The third-order valence-electron chi connectivity index (χ3n) is 5.18. The number of hydrogen-bond donors (Lipinski definition) is 2. The van der Waals surface area contributed by atoms with E-state index in [1.54, 1.807) is 31.2 Å². The molecule has 2 N–H and O–H groups in total. The van der Waals surface area contributed by atoms with Crippen LogP contribution in [0.4, 0.5) is 10.1 Å². The third kappa shape index (κ3) is 5.95. The van der Waals surface area contributed by atoms with Gasteiger partial charge in [0.25, 0.3) is 11.8 Å². The SMILES string of the molecule is Cc1c(F)cc(C(=O)NC(C)c2ccccc2)cc1NC(=O)C(C)Oc1ccc(C#N)cc1. The van der Waals surface area contributed by atoms with E-state index in [4.69, 9.17) is 10.00 Å². The number of ether oxygens (including phenoxy) is 1. The van der Waals surface area contributed by atoms with Crippen LogP contribution < -0.4 is 15.4 Å². The molecule has 3 aromatic carbocycles. The zero-order valence-corrected chi connectivity index (χ0v) is 18.6. The Kier molecular flexibility index (Phi) is 7.42. The van der Waals surface area contributed by atoms with Crippen LogP contribution in [-0.4, -0.2) is 17.9 Å². The van der Waals surface area contributed by atoms with E-state index in [0.717, 1.165) is 11.6 Å². The summed E-state index contributed by atoms with van der Waals surface area (Å²) in [5.74, 6) is -1.15. The van der Waals surface area contributed by atoms with Gasteiger partial charge in [-0.25, -0.2) is 4.39 Å². The molecule has 3 aromatic rings. The number of nitriles is 1. The average Bonchev–Trinajstić information content (AvgIpc) is 2.82. The molecule has 3 rings (SSSR count). The van der Waals surface area contributed by atoms with Gasteiger partial charge in [-0.05, 0) is 62.7 Å². The van der Waals surface area contributed by atoms with Crippen LogP contribution in [0.3, 0.4) is 0 Å². The van der Waals surface area contributed by atoms with Gasteiger partial charge in [0, 0.05) is 16.8 Å². The Balaban J connectivity index is 1.71. The molecular formula is C26H24FN3O3. The zero-order chi connectivity index (χ0) is 24.0. The highest BCUT2D eigenvalue weighted by atomic mass is 19.1. The van der Waals surface area contributed by atoms with Crippen LogP contribution in [0.15, 0.2) is 66.7 Å². The first kappa shape index (κ1) is 23.5. The number of benzene rings is 3. The molecule has 0 fully saturated rings. The summed E-state index contributed by atoms with van der Waals surface area (Å²) in [5, 5.41) is 14.3.